The molecule has 0 amide bonds. The molecule has 10 heavy (non-hydrogen) atoms. The van der Waals surface area contributed by atoms with Crippen LogP contribution < -0.4 is 5.32 Å². The van der Waals surface area contributed by atoms with Crippen molar-refractivity contribution in [2.75, 3.05) is 26.8 Å². The fourth-order valence-corrected chi connectivity index (χ4v) is 0.370. The smallest absolute Gasteiger partial charge is 0.317 e. The number of rotatable bonds is 5. The lowest BCUT2D eigenvalue weighted by atomic mass is 10.6. The fourth-order valence-electron chi connectivity index (χ4n) is 0.370. The second kappa shape index (κ2) is 8.68. The zero-order chi connectivity index (χ0) is 7.11. The summed E-state index contributed by atoms with van der Waals surface area (Å²) in [6.45, 7) is 1.14. The molecule has 0 heterocycles. The van der Waals surface area contributed by atoms with Crippen LogP contribution in [0.25, 0.3) is 0 Å². The van der Waals surface area contributed by atoms with Crippen molar-refractivity contribution >= 4 is 18.4 Å². The van der Waals surface area contributed by atoms with E-state index in [1.165, 1.54) is 0 Å². The summed E-state index contributed by atoms with van der Waals surface area (Å²) in [5.41, 5.74) is 0. The van der Waals surface area contributed by atoms with E-state index >= 15 is 0 Å². The summed E-state index contributed by atoms with van der Waals surface area (Å²) in [5.74, 6) is -0.842. The van der Waals surface area contributed by atoms with Gasteiger partial charge in [0.2, 0.25) is 0 Å². The highest BCUT2D eigenvalue weighted by atomic mass is 35.5. The largest absolute Gasteiger partial charge is 0.480 e. The Hall–Kier alpha value is -0.320. The molecule has 0 fully saturated rings. The molecule has 0 atom stereocenters. The highest BCUT2D eigenvalue weighted by Gasteiger charge is 1.92. The van der Waals surface area contributed by atoms with Gasteiger partial charge >= 0.3 is 5.97 Å². The van der Waals surface area contributed by atoms with Gasteiger partial charge in [0.05, 0.1) is 13.2 Å². The normalized spacial score (nSPS) is 8.50. The molecule has 62 valence electrons. The molecular weight excluding hydrogens is 158 g/mol. The van der Waals surface area contributed by atoms with Crippen LogP contribution in [-0.4, -0.2) is 37.9 Å². The van der Waals surface area contributed by atoms with E-state index in [1.807, 2.05) is 0 Å². The van der Waals surface area contributed by atoms with Gasteiger partial charge in [-0.1, -0.05) is 0 Å². The summed E-state index contributed by atoms with van der Waals surface area (Å²) >= 11 is 0. The second-order valence-electron chi connectivity index (χ2n) is 1.56. The maximum absolute atomic E-state index is 9.86. The van der Waals surface area contributed by atoms with Crippen LogP contribution in [0.5, 0.6) is 0 Å². The lowest BCUT2D eigenvalue weighted by molar-refractivity contribution is -0.135. The summed E-state index contributed by atoms with van der Waals surface area (Å²) in [5, 5.41) is 10.8. The minimum atomic E-state index is -0.842. The van der Waals surface area contributed by atoms with Gasteiger partial charge in [0, 0.05) is 13.7 Å². The van der Waals surface area contributed by atoms with Gasteiger partial charge in [-0.05, 0) is 0 Å². The van der Waals surface area contributed by atoms with E-state index in [-0.39, 0.29) is 19.0 Å². The summed E-state index contributed by atoms with van der Waals surface area (Å²) in [6, 6.07) is 0. The number of aliphatic carboxylic acids is 1. The molecule has 0 spiro atoms. The van der Waals surface area contributed by atoms with Crippen molar-refractivity contribution in [1.29, 1.82) is 0 Å². The Balaban J connectivity index is 0. The number of halogens is 1. The van der Waals surface area contributed by atoms with Crippen LogP contribution in [-0.2, 0) is 9.53 Å². The second-order valence-corrected chi connectivity index (χ2v) is 1.56. The summed E-state index contributed by atoms with van der Waals surface area (Å²) in [6.07, 6.45) is 0. The lowest BCUT2D eigenvalue weighted by Gasteiger charge is -1.97. The Morgan fingerprint density at radius 2 is 2.30 bits per heavy atom. The molecule has 0 bridgehead atoms. The molecule has 0 unspecified atom stereocenters. The predicted molar refractivity (Wildman–Crippen MR) is 39.6 cm³/mol. The van der Waals surface area contributed by atoms with E-state index in [0.29, 0.717) is 13.2 Å². The Morgan fingerprint density at radius 3 is 2.70 bits per heavy atom. The molecule has 0 saturated carbocycles. The molecule has 0 aliphatic rings. The summed E-state index contributed by atoms with van der Waals surface area (Å²) in [4.78, 5) is 9.86. The predicted octanol–water partition coefficient (Wildman–Crippen LogP) is -0.271. The molecule has 0 aromatic heterocycles. The molecule has 0 aliphatic carbocycles. The zero-order valence-corrected chi connectivity index (χ0v) is 6.61. The SMILES string of the molecule is COCCNCC(=O)O.Cl. The average molecular weight is 170 g/mol. The van der Waals surface area contributed by atoms with Crippen LogP contribution in [0.2, 0.25) is 0 Å². The number of hydrogen-bond donors (Lipinski definition) is 2. The number of ether oxygens (including phenoxy) is 1. The number of carboxylic acids is 1. The third kappa shape index (κ3) is 10.6. The molecule has 0 radical (unpaired) electrons. The van der Waals surface area contributed by atoms with Crippen LogP contribution in [0.15, 0.2) is 0 Å². The van der Waals surface area contributed by atoms with Gasteiger partial charge in [-0.15, -0.1) is 12.4 Å². The molecule has 0 rings (SSSR count). The first-order valence-corrected chi connectivity index (χ1v) is 2.69. The quantitative estimate of drug-likeness (QED) is 0.557. The number of hydrogen-bond acceptors (Lipinski definition) is 3. The van der Waals surface area contributed by atoms with Gasteiger partial charge < -0.3 is 15.2 Å². The van der Waals surface area contributed by atoms with Crippen LogP contribution in [0.3, 0.4) is 0 Å². The van der Waals surface area contributed by atoms with E-state index in [4.69, 9.17) is 5.11 Å². The first-order valence-electron chi connectivity index (χ1n) is 2.69. The van der Waals surface area contributed by atoms with Crippen LogP contribution in [0.4, 0.5) is 0 Å². The van der Waals surface area contributed by atoms with Crippen molar-refractivity contribution in [1.82, 2.24) is 5.32 Å². The van der Waals surface area contributed by atoms with Crippen molar-refractivity contribution in [3.05, 3.63) is 0 Å². The standard InChI is InChI=1S/C5H11NO3.ClH/c1-9-3-2-6-4-5(7)8;/h6H,2-4H2,1H3,(H,7,8);1H. The first kappa shape index (κ1) is 12.4. The Morgan fingerprint density at radius 1 is 1.70 bits per heavy atom. The van der Waals surface area contributed by atoms with Crippen molar-refractivity contribution in [3.63, 3.8) is 0 Å². The first-order chi connectivity index (χ1) is 4.27. The average Bonchev–Trinajstić information content (AvgIpc) is 1.80. The highest BCUT2D eigenvalue weighted by molar-refractivity contribution is 5.85. The van der Waals surface area contributed by atoms with E-state index in [2.05, 4.69) is 10.1 Å². The third-order valence-electron chi connectivity index (χ3n) is 0.759. The molecule has 2 N–H and O–H groups in total. The van der Waals surface area contributed by atoms with E-state index < -0.39 is 5.97 Å². The highest BCUT2D eigenvalue weighted by Crippen LogP contribution is 1.63. The Kier molecular flexibility index (Phi) is 10.7. The molecule has 0 aromatic carbocycles. The van der Waals surface area contributed by atoms with Crippen molar-refractivity contribution < 1.29 is 14.6 Å². The number of carbonyl (C=O) groups is 1. The van der Waals surface area contributed by atoms with Gasteiger partial charge in [-0.2, -0.15) is 0 Å². The van der Waals surface area contributed by atoms with E-state index in [9.17, 15) is 4.79 Å². The van der Waals surface area contributed by atoms with Gasteiger partial charge in [0.15, 0.2) is 0 Å². The molecule has 4 nitrogen and oxygen atoms in total. The van der Waals surface area contributed by atoms with Crippen molar-refractivity contribution in [2.45, 2.75) is 0 Å². The maximum Gasteiger partial charge on any atom is 0.317 e. The van der Waals surface area contributed by atoms with Crippen molar-refractivity contribution in [2.24, 2.45) is 0 Å². The van der Waals surface area contributed by atoms with Gasteiger partial charge in [0.1, 0.15) is 0 Å². The van der Waals surface area contributed by atoms with Crippen LogP contribution >= 0.6 is 12.4 Å². The topological polar surface area (TPSA) is 58.6 Å². The van der Waals surface area contributed by atoms with Gasteiger partial charge in [-0.25, -0.2) is 0 Å². The third-order valence-corrected chi connectivity index (χ3v) is 0.759. The maximum atomic E-state index is 9.86. The molecule has 0 aliphatic heterocycles. The zero-order valence-electron chi connectivity index (χ0n) is 5.79. The minimum Gasteiger partial charge on any atom is -0.480 e. The molecule has 5 heteroatoms. The van der Waals surface area contributed by atoms with Gasteiger partial charge in [-0.3, -0.25) is 4.79 Å². The van der Waals surface area contributed by atoms with Crippen LogP contribution in [0.1, 0.15) is 0 Å². The molecule has 0 saturated heterocycles. The lowest BCUT2D eigenvalue weighted by Crippen LogP contribution is -2.25. The monoisotopic (exact) mass is 169 g/mol. The number of carboxylic acid groups (broad SMARTS) is 1. The van der Waals surface area contributed by atoms with Gasteiger partial charge in [0.25, 0.3) is 0 Å². The van der Waals surface area contributed by atoms with E-state index in [1.54, 1.807) is 7.11 Å². The Bertz CT molecular complexity index is 89.0. The van der Waals surface area contributed by atoms with Crippen molar-refractivity contribution in [3.8, 4) is 0 Å². The minimum absolute atomic E-state index is 0. The Labute approximate surface area is 66.0 Å². The summed E-state index contributed by atoms with van der Waals surface area (Å²) < 4.78 is 4.67. The molecule has 0 aromatic rings. The molecular formula is C5H12ClNO3. The summed E-state index contributed by atoms with van der Waals surface area (Å²) in [7, 11) is 1.57. The number of nitrogens with one attached hydrogen (secondary N) is 1. The fraction of sp³-hybridized carbons (Fsp3) is 0.800. The van der Waals surface area contributed by atoms with Crippen LogP contribution in [0, 0.1) is 0 Å². The number of methoxy groups -OCH3 is 1. The van der Waals surface area contributed by atoms with E-state index in [0.717, 1.165) is 0 Å².